The number of hydrogen-bond acceptors (Lipinski definition) is 2. The summed E-state index contributed by atoms with van der Waals surface area (Å²) in [5.74, 6) is 0. The Hall–Kier alpha value is -2.68. The molecule has 0 radical (unpaired) electrons. The Bertz CT molecular complexity index is 976. The van der Waals surface area contributed by atoms with Crippen LogP contribution in [0.4, 0.5) is 5.69 Å². The molecule has 0 aliphatic heterocycles. The van der Waals surface area contributed by atoms with Gasteiger partial charge in [-0.25, -0.2) is 9.40 Å². The van der Waals surface area contributed by atoms with Crippen molar-refractivity contribution in [1.29, 1.82) is 0 Å². The van der Waals surface area contributed by atoms with E-state index in [0.717, 1.165) is 33.3 Å². The molecule has 0 saturated heterocycles. The Morgan fingerprint density at radius 1 is 0.905 bits per heavy atom. The van der Waals surface area contributed by atoms with Crippen molar-refractivity contribution in [3.8, 4) is 0 Å². The Morgan fingerprint density at radius 3 is 2.62 bits per heavy atom. The number of nitrogens with zero attached hydrogens (tertiary/aromatic N) is 2. The average Bonchev–Trinajstić information content (AvgIpc) is 2.52. The highest BCUT2D eigenvalue weighted by Crippen LogP contribution is 2.28. The van der Waals surface area contributed by atoms with E-state index in [9.17, 15) is 0 Å². The first kappa shape index (κ1) is 12.1. The van der Waals surface area contributed by atoms with Gasteiger partial charge in [0.1, 0.15) is 0 Å². The summed E-state index contributed by atoms with van der Waals surface area (Å²) in [6.45, 7) is 0. The fourth-order valence-electron chi connectivity index (χ4n) is 2.63. The maximum atomic E-state index is 6.06. The van der Waals surface area contributed by atoms with Crippen LogP contribution in [0.5, 0.6) is 0 Å². The maximum Gasteiger partial charge on any atom is 0.381 e. The predicted molar refractivity (Wildman–Crippen MR) is 87.8 cm³/mol. The predicted octanol–water partition coefficient (Wildman–Crippen LogP) is 4.48. The average molecular weight is 275 g/mol. The minimum absolute atomic E-state index is 0.809. The molecule has 0 atom stereocenters. The molecule has 0 aliphatic rings. The zero-order valence-electron chi connectivity index (χ0n) is 12.0. The van der Waals surface area contributed by atoms with Crippen LogP contribution in [0, 0.1) is 0 Å². The van der Waals surface area contributed by atoms with Crippen LogP contribution in [-0.4, -0.2) is 19.1 Å². The molecule has 0 saturated carbocycles. The highest BCUT2D eigenvalue weighted by atomic mass is 16.3. The van der Waals surface area contributed by atoms with Gasteiger partial charge in [0.2, 0.25) is 0 Å². The van der Waals surface area contributed by atoms with Crippen LogP contribution in [0.3, 0.4) is 0 Å². The van der Waals surface area contributed by atoms with Gasteiger partial charge < -0.3 is 4.90 Å². The molecule has 1 aromatic heterocycles. The number of anilines is 1. The van der Waals surface area contributed by atoms with Gasteiger partial charge in [0.05, 0.1) is 6.07 Å². The van der Waals surface area contributed by atoms with Gasteiger partial charge in [0.15, 0.2) is 11.0 Å². The van der Waals surface area contributed by atoms with Crippen molar-refractivity contribution < 1.29 is 4.42 Å². The van der Waals surface area contributed by atoms with Gasteiger partial charge >= 0.3 is 11.2 Å². The highest BCUT2D eigenvalue weighted by Gasteiger charge is 2.16. The lowest BCUT2D eigenvalue weighted by atomic mass is 10.1. The third kappa shape index (κ3) is 1.89. The second-order valence-corrected chi connectivity index (χ2v) is 5.39. The first-order valence-electron chi connectivity index (χ1n) is 6.95. The lowest BCUT2D eigenvalue weighted by Crippen LogP contribution is -2.08. The fourth-order valence-corrected chi connectivity index (χ4v) is 2.63. The Kier molecular flexibility index (Phi) is 2.54. The second kappa shape index (κ2) is 4.42. The normalized spacial score (nSPS) is 11.3. The SMILES string of the molecule is CN(C)c1ccc2nc3c(ccc4ccccc43)[o+]c2c1. The second-order valence-electron chi connectivity index (χ2n) is 5.39. The summed E-state index contributed by atoms with van der Waals surface area (Å²) < 4.78 is 6.06. The zero-order chi connectivity index (χ0) is 14.4. The molecule has 102 valence electrons. The van der Waals surface area contributed by atoms with E-state index in [2.05, 4.69) is 29.2 Å². The summed E-state index contributed by atoms with van der Waals surface area (Å²) in [6, 6.07) is 18.4. The van der Waals surface area contributed by atoms with Gasteiger partial charge in [-0.2, -0.15) is 0 Å². The van der Waals surface area contributed by atoms with Crippen LogP contribution >= 0.6 is 0 Å². The zero-order valence-corrected chi connectivity index (χ0v) is 12.0. The topological polar surface area (TPSA) is 27.4 Å². The molecule has 0 amide bonds. The van der Waals surface area contributed by atoms with E-state index in [0.29, 0.717) is 0 Å². The standard InChI is InChI=1S/C18H15N2O/c1-20(2)13-8-9-15-17(11-13)21-16-10-7-12-5-3-4-6-14(12)18(16)19-15/h3-11H,1-2H3/q+1. The van der Waals surface area contributed by atoms with E-state index >= 15 is 0 Å². The van der Waals surface area contributed by atoms with Crippen molar-refractivity contribution in [3.63, 3.8) is 0 Å². The lowest BCUT2D eigenvalue weighted by Gasteiger charge is -2.10. The molecule has 0 fully saturated rings. The molecule has 4 aromatic rings. The molecule has 0 bridgehead atoms. The molecule has 3 heteroatoms. The van der Waals surface area contributed by atoms with Crippen LogP contribution in [0.15, 0.2) is 59.0 Å². The molecule has 1 heterocycles. The van der Waals surface area contributed by atoms with Crippen molar-refractivity contribution >= 4 is 38.7 Å². The van der Waals surface area contributed by atoms with Gasteiger partial charge in [-0.05, 0) is 23.6 Å². The van der Waals surface area contributed by atoms with E-state index in [1.165, 1.54) is 5.39 Å². The first-order chi connectivity index (χ1) is 10.2. The minimum atomic E-state index is 0.809. The van der Waals surface area contributed by atoms with E-state index < -0.39 is 0 Å². The van der Waals surface area contributed by atoms with Gasteiger partial charge in [-0.15, -0.1) is 0 Å². The third-order valence-corrected chi connectivity index (χ3v) is 3.78. The smallest absolute Gasteiger partial charge is 0.377 e. The summed E-state index contributed by atoms with van der Waals surface area (Å²) in [6.07, 6.45) is 0. The van der Waals surface area contributed by atoms with Gasteiger partial charge in [-0.1, -0.05) is 24.3 Å². The maximum absolute atomic E-state index is 6.06. The monoisotopic (exact) mass is 275 g/mol. The van der Waals surface area contributed by atoms with Crippen molar-refractivity contribution in [2.45, 2.75) is 0 Å². The van der Waals surface area contributed by atoms with Crippen LogP contribution in [0.2, 0.25) is 0 Å². The summed E-state index contributed by atoms with van der Waals surface area (Å²) in [4.78, 5) is 6.85. The van der Waals surface area contributed by atoms with Crippen molar-refractivity contribution in [2.75, 3.05) is 19.0 Å². The molecule has 0 spiro atoms. The van der Waals surface area contributed by atoms with E-state index in [1.807, 2.05) is 44.4 Å². The summed E-state index contributed by atoms with van der Waals surface area (Å²) in [7, 11) is 4.03. The Morgan fingerprint density at radius 2 is 1.76 bits per heavy atom. The van der Waals surface area contributed by atoms with Crippen molar-refractivity contribution in [1.82, 2.24) is 4.98 Å². The van der Waals surface area contributed by atoms with Gasteiger partial charge in [-0.3, -0.25) is 0 Å². The van der Waals surface area contributed by atoms with E-state index in [4.69, 9.17) is 9.40 Å². The number of benzene rings is 3. The largest absolute Gasteiger partial charge is 0.381 e. The number of hydrogen-bond donors (Lipinski definition) is 0. The molecular weight excluding hydrogens is 260 g/mol. The summed E-state index contributed by atoms with van der Waals surface area (Å²) in [5.41, 5.74) is 4.52. The molecule has 21 heavy (non-hydrogen) atoms. The number of aromatic nitrogens is 1. The van der Waals surface area contributed by atoms with Gasteiger partial charge in [0, 0.05) is 31.2 Å². The molecule has 3 nitrogen and oxygen atoms in total. The highest BCUT2D eigenvalue weighted by molar-refractivity contribution is 6.04. The minimum Gasteiger partial charge on any atom is -0.377 e. The molecule has 0 aliphatic carbocycles. The van der Waals surface area contributed by atoms with Crippen LogP contribution in [-0.2, 0) is 0 Å². The number of rotatable bonds is 1. The molecule has 3 aromatic carbocycles. The molecule has 0 N–H and O–H groups in total. The van der Waals surface area contributed by atoms with Crippen molar-refractivity contribution in [2.24, 2.45) is 0 Å². The van der Waals surface area contributed by atoms with Gasteiger partial charge in [0.25, 0.3) is 0 Å². The molecule has 0 unspecified atom stereocenters. The Labute approximate surface area is 122 Å². The lowest BCUT2D eigenvalue weighted by molar-refractivity contribution is 0.657. The summed E-state index contributed by atoms with van der Waals surface area (Å²) in [5, 5.41) is 2.30. The van der Waals surface area contributed by atoms with Crippen molar-refractivity contribution in [3.05, 3.63) is 54.6 Å². The molecule has 4 rings (SSSR count). The third-order valence-electron chi connectivity index (χ3n) is 3.78. The number of fused-ring (bicyclic) bond motifs is 4. The van der Waals surface area contributed by atoms with Crippen LogP contribution in [0.1, 0.15) is 0 Å². The van der Waals surface area contributed by atoms with E-state index in [1.54, 1.807) is 0 Å². The Balaban J connectivity index is 2.10. The van der Waals surface area contributed by atoms with Crippen LogP contribution in [0.25, 0.3) is 33.0 Å². The molecular formula is C18H15N2O+. The quantitative estimate of drug-likeness (QED) is 0.291. The fraction of sp³-hybridized carbons (Fsp3) is 0.111. The van der Waals surface area contributed by atoms with E-state index in [-0.39, 0.29) is 0 Å². The summed E-state index contributed by atoms with van der Waals surface area (Å²) >= 11 is 0. The first-order valence-corrected chi connectivity index (χ1v) is 6.95. The van der Waals surface area contributed by atoms with Crippen LogP contribution < -0.4 is 4.90 Å².